The second-order valence-corrected chi connectivity index (χ2v) is 3.79. The molecule has 0 spiro atoms. The number of pyridine rings is 1. The largest absolute Gasteiger partial charge is 0.478 e. The van der Waals surface area contributed by atoms with Gasteiger partial charge in [-0.1, -0.05) is 6.07 Å². The lowest BCUT2D eigenvalue weighted by molar-refractivity contribution is -0.119. The molecular weight excluding hydrogens is 204 g/mol. The first-order valence-corrected chi connectivity index (χ1v) is 5.66. The first kappa shape index (κ1) is 10.9. The summed E-state index contributed by atoms with van der Waals surface area (Å²) >= 11 is 0. The summed E-state index contributed by atoms with van der Waals surface area (Å²) in [6.45, 7) is 4.09. The third kappa shape index (κ3) is 2.51. The van der Waals surface area contributed by atoms with Crippen molar-refractivity contribution < 1.29 is 9.53 Å². The van der Waals surface area contributed by atoms with E-state index in [1.54, 1.807) is 0 Å². The third-order valence-electron chi connectivity index (χ3n) is 2.65. The van der Waals surface area contributed by atoms with Crippen LogP contribution in [-0.2, 0) is 4.79 Å². The molecule has 1 fully saturated rings. The van der Waals surface area contributed by atoms with Crippen molar-refractivity contribution in [1.29, 1.82) is 0 Å². The Morgan fingerprint density at radius 1 is 1.38 bits per heavy atom. The molecule has 0 bridgehead atoms. The number of hydrogen-bond donors (Lipinski definition) is 0. The number of hydrogen-bond acceptors (Lipinski definition) is 4. The molecule has 0 unspecified atom stereocenters. The van der Waals surface area contributed by atoms with E-state index < -0.39 is 0 Å². The van der Waals surface area contributed by atoms with Crippen molar-refractivity contribution >= 4 is 11.6 Å². The van der Waals surface area contributed by atoms with Crippen LogP contribution in [0, 0.1) is 0 Å². The highest BCUT2D eigenvalue weighted by atomic mass is 16.5. The summed E-state index contributed by atoms with van der Waals surface area (Å²) in [6, 6.07) is 5.74. The summed E-state index contributed by atoms with van der Waals surface area (Å²) in [5.41, 5.74) is 0. The fourth-order valence-electron chi connectivity index (χ4n) is 1.79. The molecule has 0 N–H and O–H groups in total. The lowest BCUT2D eigenvalue weighted by atomic mass is 10.1. The first-order valence-electron chi connectivity index (χ1n) is 5.66. The second-order valence-electron chi connectivity index (χ2n) is 3.79. The predicted molar refractivity (Wildman–Crippen MR) is 61.9 cm³/mol. The van der Waals surface area contributed by atoms with Gasteiger partial charge in [0, 0.05) is 32.0 Å². The monoisotopic (exact) mass is 220 g/mol. The molecule has 2 heterocycles. The average molecular weight is 220 g/mol. The van der Waals surface area contributed by atoms with E-state index in [4.69, 9.17) is 4.74 Å². The summed E-state index contributed by atoms with van der Waals surface area (Å²) in [5, 5.41) is 0. The van der Waals surface area contributed by atoms with E-state index in [9.17, 15) is 4.79 Å². The Kier molecular flexibility index (Phi) is 3.39. The van der Waals surface area contributed by atoms with Gasteiger partial charge in [-0.05, 0) is 13.0 Å². The Hall–Kier alpha value is -1.58. The van der Waals surface area contributed by atoms with Crippen molar-refractivity contribution in [3.63, 3.8) is 0 Å². The van der Waals surface area contributed by atoms with E-state index in [-0.39, 0.29) is 0 Å². The van der Waals surface area contributed by atoms with E-state index in [2.05, 4.69) is 9.88 Å². The number of carbonyl (C=O) groups excluding carboxylic acids is 1. The molecule has 0 saturated carbocycles. The highest BCUT2D eigenvalue weighted by Crippen LogP contribution is 2.18. The van der Waals surface area contributed by atoms with Crippen molar-refractivity contribution in [3.8, 4) is 5.88 Å². The number of ketones is 1. The van der Waals surface area contributed by atoms with Gasteiger partial charge in [0.25, 0.3) is 0 Å². The zero-order valence-corrected chi connectivity index (χ0v) is 9.48. The van der Waals surface area contributed by atoms with Crippen LogP contribution in [0.5, 0.6) is 5.88 Å². The maximum Gasteiger partial charge on any atom is 0.215 e. The topological polar surface area (TPSA) is 42.4 Å². The maximum atomic E-state index is 11.1. The van der Waals surface area contributed by atoms with E-state index in [1.807, 2.05) is 25.1 Å². The van der Waals surface area contributed by atoms with Crippen molar-refractivity contribution in [2.75, 3.05) is 24.6 Å². The van der Waals surface area contributed by atoms with Gasteiger partial charge in [0.1, 0.15) is 11.6 Å². The number of aromatic nitrogens is 1. The average Bonchev–Trinajstić information content (AvgIpc) is 2.31. The lowest BCUT2D eigenvalue weighted by Gasteiger charge is -2.27. The standard InChI is InChI=1S/C12H16N2O2/c1-2-16-12-5-3-4-11(13-12)14-8-6-10(15)7-9-14/h3-5H,2,6-9H2,1H3. The second kappa shape index (κ2) is 4.96. The Morgan fingerprint density at radius 2 is 2.12 bits per heavy atom. The summed E-state index contributed by atoms with van der Waals surface area (Å²) < 4.78 is 5.35. The van der Waals surface area contributed by atoms with Gasteiger partial charge in [-0.2, -0.15) is 4.98 Å². The van der Waals surface area contributed by atoms with Gasteiger partial charge in [0.15, 0.2) is 0 Å². The zero-order valence-electron chi connectivity index (χ0n) is 9.48. The van der Waals surface area contributed by atoms with Crippen molar-refractivity contribution in [2.24, 2.45) is 0 Å². The minimum atomic E-state index is 0.345. The third-order valence-corrected chi connectivity index (χ3v) is 2.65. The summed E-state index contributed by atoms with van der Waals surface area (Å²) in [7, 11) is 0. The van der Waals surface area contributed by atoms with Gasteiger partial charge in [-0.3, -0.25) is 4.79 Å². The Labute approximate surface area is 95.2 Å². The molecule has 1 aliphatic rings. The van der Waals surface area contributed by atoms with Gasteiger partial charge >= 0.3 is 0 Å². The fraction of sp³-hybridized carbons (Fsp3) is 0.500. The molecule has 16 heavy (non-hydrogen) atoms. The lowest BCUT2D eigenvalue weighted by Crippen LogP contribution is -2.34. The Balaban J connectivity index is 2.08. The van der Waals surface area contributed by atoms with Gasteiger partial charge in [-0.15, -0.1) is 0 Å². The predicted octanol–water partition coefficient (Wildman–Crippen LogP) is 1.65. The quantitative estimate of drug-likeness (QED) is 0.776. The number of rotatable bonds is 3. The smallest absolute Gasteiger partial charge is 0.215 e. The number of Topliss-reactive ketones (excluding diaryl/α,β-unsaturated/α-hetero) is 1. The van der Waals surface area contributed by atoms with E-state index in [0.29, 0.717) is 31.1 Å². The van der Waals surface area contributed by atoms with Gasteiger partial charge in [0.2, 0.25) is 5.88 Å². The normalized spacial score (nSPS) is 16.3. The molecule has 0 aliphatic carbocycles. The molecule has 4 nitrogen and oxygen atoms in total. The molecule has 0 atom stereocenters. The van der Waals surface area contributed by atoms with Gasteiger partial charge in [0.05, 0.1) is 6.61 Å². The summed E-state index contributed by atoms with van der Waals surface area (Å²) in [6.07, 6.45) is 1.25. The fourth-order valence-corrected chi connectivity index (χ4v) is 1.79. The van der Waals surface area contributed by atoms with E-state index in [0.717, 1.165) is 18.9 Å². The number of nitrogens with zero attached hydrogens (tertiary/aromatic N) is 2. The Bertz CT molecular complexity index is 369. The SMILES string of the molecule is CCOc1cccc(N2CCC(=O)CC2)n1. The molecule has 1 aromatic rings. The van der Waals surface area contributed by atoms with Crippen molar-refractivity contribution in [2.45, 2.75) is 19.8 Å². The van der Waals surface area contributed by atoms with Crippen LogP contribution in [-0.4, -0.2) is 30.5 Å². The number of anilines is 1. The van der Waals surface area contributed by atoms with Crippen LogP contribution in [0.15, 0.2) is 18.2 Å². The van der Waals surface area contributed by atoms with Gasteiger partial charge < -0.3 is 9.64 Å². The first-order chi connectivity index (χ1) is 7.79. The van der Waals surface area contributed by atoms with E-state index >= 15 is 0 Å². The molecular formula is C12H16N2O2. The molecule has 86 valence electrons. The van der Waals surface area contributed by atoms with Crippen LogP contribution in [0.3, 0.4) is 0 Å². The molecule has 0 radical (unpaired) electrons. The number of carbonyl (C=O) groups is 1. The van der Waals surface area contributed by atoms with E-state index in [1.165, 1.54) is 0 Å². The van der Waals surface area contributed by atoms with Crippen LogP contribution >= 0.6 is 0 Å². The number of ether oxygens (including phenoxy) is 1. The van der Waals surface area contributed by atoms with Crippen LogP contribution in [0.1, 0.15) is 19.8 Å². The minimum absolute atomic E-state index is 0.345. The molecule has 0 aromatic carbocycles. The highest BCUT2D eigenvalue weighted by Gasteiger charge is 2.17. The molecule has 2 rings (SSSR count). The van der Waals surface area contributed by atoms with Crippen LogP contribution in [0.2, 0.25) is 0 Å². The molecule has 4 heteroatoms. The summed E-state index contributed by atoms with van der Waals surface area (Å²) in [4.78, 5) is 17.7. The zero-order chi connectivity index (χ0) is 11.4. The van der Waals surface area contributed by atoms with Crippen molar-refractivity contribution in [3.05, 3.63) is 18.2 Å². The minimum Gasteiger partial charge on any atom is -0.478 e. The number of piperidine rings is 1. The molecule has 1 saturated heterocycles. The maximum absolute atomic E-state index is 11.1. The molecule has 1 aromatic heterocycles. The van der Waals surface area contributed by atoms with Gasteiger partial charge in [-0.25, -0.2) is 0 Å². The van der Waals surface area contributed by atoms with Crippen LogP contribution in [0.4, 0.5) is 5.82 Å². The molecule has 1 aliphatic heterocycles. The summed E-state index contributed by atoms with van der Waals surface area (Å²) in [5.74, 6) is 1.90. The van der Waals surface area contributed by atoms with Crippen LogP contribution in [0.25, 0.3) is 0 Å². The van der Waals surface area contributed by atoms with Crippen LogP contribution < -0.4 is 9.64 Å². The molecule has 0 amide bonds. The highest BCUT2D eigenvalue weighted by molar-refractivity contribution is 5.80. The Morgan fingerprint density at radius 3 is 2.81 bits per heavy atom. The van der Waals surface area contributed by atoms with Crippen molar-refractivity contribution in [1.82, 2.24) is 4.98 Å².